The molecule has 2 nitrogen and oxygen atoms in total. The van der Waals surface area contributed by atoms with E-state index in [2.05, 4.69) is 18.4 Å². The Morgan fingerprint density at radius 2 is 2.07 bits per heavy atom. The highest BCUT2D eigenvalue weighted by Gasteiger charge is 2.13. The lowest BCUT2D eigenvalue weighted by Crippen LogP contribution is -2.32. The fourth-order valence-corrected chi connectivity index (χ4v) is 1.05. The summed E-state index contributed by atoms with van der Waals surface area (Å²) in [6, 6.07) is 6.95. The van der Waals surface area contributed by atoms with Crippen molar-refractivity contribution in [2.24, 2.45) is 0 Å². The molecule has 0 amide bonds. The predicted octanol–water partition coefficient (Wildman–Crippen LogP) is 0.294. The fraction of sp³-hybridized carbons (Fsp3) is 0.0909. The van der Waals surface area contributed by atoms with Gasteiger partial charge in [-0.1, -0.05) is 36.1 Å². The highest BCUT2D eigenvalue weighted by atomic mass is 16.4. The van der Waals surface area contributed by atoms with Gasteiger partial charge in [-0.15, -0.1) is 6.58 Å². The van der Waals surface area contributed by atoms with E-state index in [1.54, 1.807) is 24.3 Å². The molecule has 1 aromatic rings. The van der Waals surface area contributed by atoms with E-state index < -0.39 is 7.12 Å². The zero-order valence-corrected chi connectivity index (χ0v) is 7.77. The molecule has 0 bridgehead atoms. The molecule has 1 aromatic carbocycles. The van der Waals surface area contributed by atoms with E-state index in [0.717, 1.165) is 0 Å². The number of allylic oxidation sites excluding steroid dienone is 1. The van der Waals surface area contributed by atoms with Gasteiger partial charge in [0.05, 0.1) is 0 Å². The molecule has 0 saturated carbocycles. The highest BCUT2D eigenvalue weighted by Crippen LogP contribution is 1.94. The van der Waals surface area contributed by atoms with Crippen LogP contribution in [0, 0.1) is 11.8 Å². The molecule has 14 heavy (non-hydrogen) atoms. The van der Waals surface area contributed by atoms with Crippen LogP contribution in [0.2, 0.25) is 0 Å². The molecule has 0 aromatic heterocycles. The summed E-state index contributed by atoms with van der Waals surface area (Å²) in [7, 11) is -1.47. The highest BCUT2D eigenvalue weighted by molar-refractivity contribution is 6.59. The van der Waals surface area contributed by atoms with Crippen LogP contribution in [0.1, 0.15) is 12.0 Å². The topological polar surface area (TPSA) is 40.5 Å². The molecule has 0 heterocycles. The van der Waals surface area contributed by atoms with Crippen LogP contribution in [-0.2, 0) is 0 Å². The first kappa shape index (κ1) is 10.6. The zero-order chi connectivity index (χ0) is 10.4. The van der Waals surface area contributed by atoms with Crippen LogP contribution in [0.25, 0.3) is 0 Å². The Labute approximate surface area is 84.0 Å². The van der Waals surface area contributed by atoms with Crippen molar-refractivity contribution in [3.8, 4) is 11.8 Å². The van der Waals surface area contributed by atoms with Crippen molar-refractivity contribution >= 4 is 12.6 Å². The van der Waals surface area contributed by atoms with Crippen molar-refractivity contribution in [3.63, 3.8) is 0 Å². The Kier molecular flexibility index (Phi) is 3.99. The average Bonchev–Trinajstić information content (AvgIpc) is 2.19. The molecule has 2 N–H and O–H groups in total. The van der Waals surface area contributed by atoms with Crippen molar-refractivity contribution in [1.82, 2.24) is 0 Å². The van der Waals surface area contributed by atoms with Gasteiger partial charge < -0.3 is 10.0 Å². The number of benzene rings is 1. The molecule has 70 valence electrons. The van der Waals surface area contributed by atoms with Crippen LogP contribution in [0.3, 0.4) is 0 Å². The lowest BCUT2D eigenvalue weighted by atomic mass is 9.77. The third-order valence-electron chi connectivity index (χ3n) is 1.71. The molecule has 0 aliphatic heterocycles. The summed E-state index contributed by atoms with van der Waals surface area (Å²) in [5.74, 6) is 5.71. The van der Waals surface area contributed by atoms with Gasteiger partial charge >= 0.3 is 7.12 Å². The van der Waals surface area contributed by atoms with Gasteiger partial charge in [0.2, 0.25) is 0 Å². The maximum atomic E-state index is 9.03. The van der Waals surface area contributed by atoms with Crippen molar-refractivity contribution in [3.05, 3.63) is 42.5 Å². The van der Waals surface area contributed by atoms with E-state index in [-0.39, 0.29) is 0 Å². The zero-order valence-electron chi connectivity index (χ0n) is 7.77. The Hall–Kier alpha value is -1.50. The first-order valence-electron chi connectivity index (χ1n) is 4.30. The maximum Gasteiger partial charge on any atom is 0.489 e. The van der Waals surface area contributed by atoms with Gasteiger partial charge in [0.25, 0.3) is 0 Å². The Balaban J connectivity index is 2.97. The number of hydrogen-bond donors (Lipinski definition) is 2. The quantitative estimate of drug-likeness (QED) is 0.396. The lowest BCUT2D eigenvalue weighted by molar-refractivity contribution is 0.425. The van der Waals surface area contributed by atoms with E-state index in [9.17, 15) is 0 Å². The molecule has 0 fully saturated rings. The smallest absolute Gasteiger partial charge is 0.423 e. The van der Waals surface area contributed by atoms with E-state index in [1.807, 2.05) is 6.07 Å². The second-order valence-electron chi connectivity index (χ2n) is 2.76. The fourth-order valence-electron chi connectivity index (χ4n) is 1.05. The van der Waals surface area contributed by atoms with Gasteiger partial charge in [-0.25, -0.2) is 0 Å². The summed E-state index contributed by atoms with van der Waals surface area (Å²) in [5.41, 5.74) is 1.08. The van der Waals surface area contributed by atoms with Crippen LogP contribution in [-0.4, -0.2) is 17.2 Å². The van der Waals surface area contributed by atoms with Gasteiger partial charge in [-0.2, -0.15) is 0 Å². The van der Waals surface area contributed by atoms with E-state index in [1.165, 1.54) is 0 Å². The minimum Gasteiger partial charge on any atom is -0.423 e. The first-order valence-corrected chi connectivity index (χ1v) is 4.30. The maximum absolute atomic E-state index is 9.03. The summed E-state index contributed by atoms with van der Waals surface area (Å²) in [4.78, 5) is 0. The summed E-state index contributed by atoms with van der Waals surface area (Å²) in [6.45, 7) is 3.55. The van der Waals surface area contributed by atoms with Gasteiger partial charge in [0.1, 0.15) is 0 Å². The molecule has 0 aliphatic rings. The minimum absolute atomic E-state index is 0.434. The van der Waals surface area contributed by atoms with Crippen LogP contribution in [0.5, 0.6) is 0 Å². The summed E-state index contributed by atoms with van der Waals surface area (Å²) in [5, 5.41) is 18.1. The molecule has 0 atom stereocenters. The summed E-state index contributed by atoms with van der Waals surface area (Å²) < 4.78 is 0. The van der Waals surface area contributed by atoms with Crippen molar-refractivity contribution < 1.29 is 10.0 Å². The first-order chi connectivity index (χ1) is 6.75. The minimum atomic E-state index is -1.47. The van der Waals surface area contributed by atoms with Crippen molar-refractivity contribution in [2.75, 3.05) is 0 Å². The summed E-state index contributed by atoms with van der Waals surface area (Å²) in [6.07, 6.45) is 2.29. The molecule has 1 rings (SSSR count). The van der Waals surface area contributed by atoms with Crippen LogP contribution in [0.15, 0.2) is 36.9 Å². The predicted molar refractivity (Wildman–Crippen MR) is 58.0 cm³/mol. The Morgan fingerprint density at radius 1 is 1.36 bits per heavy atom. The molecular formula is C11H11BO2. The standard InChI is InChI=1S/C11H11BO2/c1-2-3-4-7-10-8-5-6-9-11(10)12(13)14/h2,5-6,8-9,13-14H,1,3H2. The molecule has 0 radical (unpaired) electrons. The van der Waals surface area contributed by atoms with Gasteiger partial charge in [-0.05, 0) is 11.5 Å². The molecule has 0 unspecified atom stereocenters. The normalized spacial score (nSPS) is 8.71. The third-order valence-corrected chi connectivity index (χ3v) is 1.71. The second kappa shape index (κ2) is 5.28. The lowest BCUT2D eigenvalue weighted by Gasteiger charge is -2.01. The molecule has 0 saturated heterocycles. The largest absolute Gasteiger partial charge is 0.489 e. The average molecular weight is 186 g/mol. The van der Waals surface area contributed by atoms with E-state index >= 15 is 0 Å². The van der Waals surface area contributed by atoms with Crippen molar-refractivity contribution in [1.29, 1.82) is 0 Å². The second-order valence-corrected chi connectivity index (χ2v) is 2.76. The Morgan fingerprint density at radius 3 is 2.71 bits per heavy atom. The monoisotopic (exact) mass is 186 g/mol. The SMILES string of the molecule is C=CCC#Cc1ccccc1B(O)O. The summed E-state index contributed by atoms with van der Waals surface area (Å²) >= 11 is 0. The van der Waals surface area contributed by atoms with Crippen molar-refractivity contribution in [2.45, 2.75) is 6.42 Å². The van der Waals surface area contributed by atoms with Crippen LogP contribution < -0.4 is 5.46 Å². The van der Waals surface area contributed by atoms with Gasteiger partial charge in [-0.3, -0.25) is 0 Å². The molecule has 0 spiro atoms. The number of hydrogen-bond acceptors (Lipinski definition) is 2. The third kappa shape index (κ3) is 2.77. The van der Waals surface area contributed by atoms with Crippen LogP contribution >= 0.6 is 0 Å². The Bertz CT molecular complexity index is 374. The van der Waals surface area contributed by atoms with Gasteiger partial charge in [0.15, 0.2) is 0 Å². The molecule has 3 heteroatoms. The van der Waals surface area contributed by atoms with E-state index in [0.29, 0.717) is 17.4 Å². The van der Waals surface area contributed by atoms with E-state index in [4.69, 9.17) is 10.0 Å². The van der Waals surface area contributed by atoms with Gasteiger partial charge in [0, 0.05) is 12.0 Å². The molecule has 0 aliphatic carbocycles. The van der Waals surface area contributed by atoms with Crippen LogP contribution in [0.4, 0.5) is 0 Å². The number of rotatable bonds is 2. The molecular weight excluding hydrogens is 175 g/mol.